The molecule has 0 bridgehead atoms. The van der Waals surface area contributed by atoms with Crippen LogP contribution in [0.3, 0.4) is 0 Å². The molecule has 3 saturated heterocycles. The van der Waals surface area contributed by atoms with Crippen molar-refractivity contribution in [3.8, 4) is 0 Å². The summed E-state index contributed by atoms with van der Waals surface area (Å²) in [6, 6.07) is 0. The lowest BCUT2D eigenvalue weighted by Gasteiger charge is -2.61. The van der Waals surface area contributed by atoms with Gasteiger partial charge in [0.15, 0.2) is 18.9 Å². The van der Waals surface area contributed by atoms with Crippen LogP contribution in [-0.4, -0.2) is 176 Å². The lowest BCUT2D eigenvalue weighted by molar-refractivity contribution is -0.383. The second kappa shape index (κ2) is 20.2. The van der Waals surface area contributed by atoms with Crippen LogP contribution in [-0.2, 0) is 38.0 Å². The van der Waals surface area contributed by atoms with E-state index >= 15 is 0 Å². The number of amides is 1. The molecule has 3 aliphatic heterocycles. The van der Waals surface area contributed by atoms with E-state index < -0.39 is 105 Å². The van der Waals surface area contributed by atoms with Crippen LogP contribution in [0, 0.1) is 52.3 Å². The fourth-order valence-corrected chi connectivity index (χ4v) is 13.5. The molecule has 4 saturated carbocycles. The molecular formula is C46H77NO17. The van der Waals surface area contributed by atoms with Crippen molar-refractivity contribution in [2.24, 2.45) is 52.3 Å². The number of fused-ring (bicyclic) bond motifs is 5. The Morgan fingerprint density at radius 2 is 1.41 bits per heavy atom. The van der Waals surface area contributed by atoms with Crippen molar-refractivity contribution in [3.63, 3.8) is 0 Å². The SMILES string of the molecule is CC(=O)NCC(C)CCC(=O)[C@@H](C)[C@H]1[C@H](O)C[C@H]2[C@@H]3CC[C@H]4C[C@@H](O[C@@H]5O[C@H](CO)[C@@H](O[C@@H]6O[C@@H](C)[C@H](O)[C@@H](O)[C@H]6O[C@@H]6OC[C@@H](O)[C@H](O)[C@H]6O)[C@H](O)[C@H]5O)CC[C@]4(C)[C@H]3CC[C@]12C. The van der Waals surface area contributed by atoms with Crippen LogP contribution in [0.2, 0.25) is 0 Å². The number of aliphatic hydroxyl groups excluding tert-OH is 9. The molecule has 0 aromatic rings. The van der Waals surface area contributed by atoms with E-state index in [9.17, 15) is 55.5 Å². The number of carbonyl (C=O) groups is 2. The maximum atomic E-state index is 13.6. The van der Waals surface area contributed by atoms with Crippen LogP contribution in [0.5, 0.6) is 0 Å². The third kappa shape index (κ3) is 9.73. The maximum absolute atomic E-state index is 13.6. The van der Waals surface area contributed by atoms with Crippen molar-refractivity contribution in [3.05, 3.63) is 0 Å². The number of hydrogen-bond donors (Lipinski definition) is 10. The summed E-state index contributed by atoms with van der Waals surface area (Å²) >= 11 is 0. The molecule has 1 amide bonds. The third-order valence-electron chi connectivity index (χ3n) is 17.3. The molecule has 368 valence electrons. The Labute approximate surface area is 376 Å². The number of aliphatic hydroxyl groups is 9. The molecule has 0 radical (unpaired) electrons. The number of hydrogen-bond acceptors (Lipinski definition) is 17. The summed E-state index contributed by atoms with van der Waals surface area (Å²) in [5.41, 5.74) is -0.112. The molecule has 4 aliphatic carbocycles. The average molecular weight is 916 g/mol. The summed E-state index contributed by atoms with van der Waals surface area (Å²) in [6.45, 7) is 11.2. The van der Waals surface area contributed by atoms with Crippen LogP contribution < -0.4 is 5.32 Å². The molecule has 0 aromatic heterocycles. The maximum Gasteiger partial charge on any atom is 0.216 e. The Balaban J connectivity index is 0.954. The number of ether oxygens (including phenoxy) is 6. The molecule has 25 atom stereocenters. The lowest BCUT2D eigenvalue weighted by Crippen LogP contribution is -2.66. The van der Waals surface area contributed by atoms with E-state index in [4.69, 9.17) is 28.4 Å². The molecule has 7 fully saturated rings. The van der Waals surface area contributed by atoms with Crippen LogP contribution in [0.4, 0.5) is 0 Å². The smallest absolute Gasteiger partial charge is 0.216 e. The zero-order chi connectivity index (χ0) is 46.6. The summed E-state index contributed by atoms with van der Waals surface area (Å²) < 4.78 is 35.5. The van der Waals surface area contributed by atoms with Crippen LogP contribution in [0.25, 0.3) is 0 Å². The Morgan fingerprint density at radius 3 is 2.11 bits per heavy atom. The zero-order valence-electron chi connectivity index (χ0n) is 38.3. The molecule has 10 N–H and O–H groups in total. The highest BCUT2D eigenvalue weighted by atomic mass is 16.8. The van der Waals surface area contributed by atoms with Gasteiger partial charge in [0.1, 0.15) is 66.8 Å². The van der Waals surface area contributed by atoms with E-state index in [0.717, 1.165) is 38.5 Å². The highest BCUT2D eigenvalue weighted by Crippen LogP contribution is 2.68. The normalized spacial score (nSPS) is 50.4. The van der Waals surface area contributed by atoms with Crippen LogP contribution in [0.1, 0.15) is 106 Å². The fourth-order valence-electron chi connectivity index (χ4n) is 13.5. The van der Waals surface area contributed by atoms with Gasteiger partial charge in [0.2, 0.25) is 5.91 Å². The minimum absolute atomic E-state index is 0.0290. The van der Waals surface area contributed by atoms with Gasteiger partial charge < -0.3 is 79.7 Å². The molecule has 7 rings (SSSR count). The summed E-state index contributed by atoms with van der Waals surface area (Å²) in [6.07, 6.45) is -13.6. The van der Waals surface area contributed by atoms with Crippen molar-refractivity contribution in [1.29, 1.82) is 0 Å². The second-order valence-electron chi connectivity index (χ2n) is 21.2. The quantitative estimate of drug-likeness (QED) is 0.102. The molecule has 7 aliphatic rings. The number of rotatable bonds is 14. The Hall–Kier alpha value is -1.46. The first kappa shape index (κ1) is 50.4. The number of ketones is 1. The van der Waals surface area contributed by atoms with E-state index in [1.54, 1.807) is 0 Å². The number of Topliss-reactive ketones (excluding diaryl/α,β-unsaturated/α-hetero) is 1. The summed E-state index contributed by atoms with van der Waals surface area (Å²) in [7, 11) is 0. The first-order valence-corrected chi connectivity index (χ1v) is 23.9. The molecule has 0 spiro atoms. The second-order valence-corrected chi connectivity index (χ2v) is 21.2. The predicted molar refractivity (Wildman–Crippen MR) is 224 cm³/mol. The van der Waals surface area contributed by atoms with Crippen molar-refractivity contribution < 1.29 is 84.0 Å². The van der Waals surface area contributed by atoms with Gasteiger partial charge in [-0.15, -0.1) is 0 Å². The molecule has 0 aromatic carbocycles. The highest BCUT2D eigenvalue weighted by molar-refractivity contribution is 5.81. The molecule has 18 nitrogen and oxygen atoms in total. The summed E-state index contributed by atoms with van der Waals surface area (Å²) in [5, 5.41) is 100. The van der Waals surface area contributed by atoms with Gasteiger partial charge >= 0.3 is 0 Å². The van der Waals surface area contributed by atoms with E-state index in [0.29, 0.717) is 55.9 Å². The van der Waals surface area contributed by atoms with Crippen molar-refractivity contribution in [1.82, 2.24) is 5.32 Å². The van der Waals surface area contributed by atoms with E-state index in [1.165, 1.54) is 13.8 Å². The molecular weight excluding hydrogens is 838 g/mol. The largest absolute Gasteiger partial charge is 0.394 e. The van der Waals surface area contributed by atoms with Gasteiger partial charge in [-0.1, -0.05) is 27.7 Å². The standard InChI is InChI=1S/C46H77NO17/c1-20(17-47-23(4)49)7-10-29(50)21(2)33-30(51)16-28-26-9-8-24-15-25(11-13-45(24,5)27(26)12-14-46(28,33)6)61-43-39(58)37(56)40(32(18-48)62-43)63-44-41(36(55)34(53)22(3)60-44)64-42-38(57)35(54)31(52)19-59-42/h20-22,24-28,30-44,48,51-58H,7-19H2,1-6H3,(H,47,49)/t20?,21-,22+,24+,25+,26-,27+,28+,30-,31-,32-,33+,34+,35+,36-,37-,38-,39-,40-,41-,42+,43-,44+,45+,46+/m1/s1. The van der Waals surface area contributed by atoms with Gasteiger partial charge in [0.05, 0.1) is 31.5 Å². The first-order chi connectivity index (χ1) is 30.2. The van der Waals surface area contributed by atoms with Gasteiger partial charge in [-0.2, -0.15) is 0 Å². The van der Waals surface area contributed by atoms with Crippen molar-refractivity contribution in [2.45, 2.75) is 204 Å². The minimum atomic E-state index is -1.73. The van der Waals surface area contributed by atoms with Gasteiger partial charge in [0.25, 0.3) is 0 Å². The zero-order valence-corrected chi connectivity index (χ0v) is 38.3. The van der Waals surface area contributed by atoms with Crippen molar-refractivity contribution in [2.75, 3.05) is 19.8 Å². The summed E-state index contributed by atoms with van der Waals surface area (Å²) in [5.74, 6) is 1.48. The topological polar surface area (TPSA) is 284 Å². The minimum Gasteiger partial charge on any atom is -0.394 e. The first-order valence-electron chi connectivity index (χ1n) is 23.9. The Morgan fingerprint density at radius 1 is 0.734 bits per heavy atom. The number of carbonyl (C=O) groups excluding carboxylic acids is 2. The van der Waals surface area contributed by atoms with E-state index in [2.05, 4.69) is 19.2 Å². The van der Waals surface area contributed by atoms with E-state index in [-0.39, 0.29) is 46.4 Å². The number of nitrogens with one attached hydrogen (secondary N) is 1. The lowest BCUT2D eigenvalue weighted by atomic mass is 9.44. The van der Waals surface area contributed by atoms with Crippen molar-refractivity contribution >= 4 is 11.7 Å². The predicted octanol–water partition coefficient (Wildman–Crippen LogP) is -0.126. The van der Waals surface area contributed by atoms with E-state index in [1.807, 2.05) is 13.8 Å². The third-order valence-corrected chi connectivity index (χ3v) is 17.3. The van der Waals surface area contributed by atoms with Gasteiger partial charge in [-0.3, -0.25) is 9.59 Å². The van der Waals surface area contributed by atoms with Gasteiger partial charge in [-0.25, -0.2) is 0 Å². The Bertz CT molecular complexity index is 1590. The highest BCUT2D eigenvalue weighted by Gasteiger charge is 2.64. The van der Waals surface area contributed by atoms with Crippen LogP contribution >= 0.6 is 0 Å². The monoisotopic (exact) mass is 916 g/mol. The van der Waals surface area contributed by atoms with Crippen LogP contribution in [0.15, 0.2) is 0 Å². The fraction of sp³-hybridized carbons (Fsp3) is 0.957. The average Bonchev–Trinajstić information content (AvgIpc) is 3.54. The molecule has 64 heavy (non-hydrogen) atoms. The molecule has 1 unspecified atom stereocenters. The molecule has 18 heteroatoms. The van der Waals surface area contributed by atoms with Gasteiger partial charge in [0, 0.05) is 25.8 Å². The Kier molecular flexibility index (Phi) is 16.0. The molecule has 3 heterocycles. The summed E-state index contributed by atoms with van der Waals surface area (Å²) in [4.78, 5) is 25.0. The van der Waals surface area contributed by atoms with Gasteiger partial charge in [-0.05, 0) is 111 Å².